The number of sulfonamides is 2. The molecule has 0 spiro atoms. The second-order valence-corrected chi connectivity index (χ2v) is 15.4. The van der Waals surface area contributed by atoms with Crippen LogP contribution in [0, 0.1) is 5.92 Å². The highest BCUT2D eigenvalue weighted by atomic mass is 35.5. The first kappa shape index (κ1) is 37.4. The molecule has 1 aliphatic heterocycles. The Hall–Kier alpha value is -4.43. The average Bonchev–Trinajstić information content (AvgIpc) is 3.28. The summed E-state index contributed by atoms with van der Waals surface area (Å²) in [5.74, 6) is -1.19. The van der Waals surface area contributed by atoms with Gasteiger partial charge in [-0.3, -0.25) is 9.59 Å². The van der Waals surface area contributed by atoms with E-state index in [1.165, 1.54) is 42.6 Å². The maximum absolute atomic E-state index is 12.8. The van der Waals surface area contributed by atoms with Crippen LogP contribution in [0.4, 0.5) is 17.5 Å². The van der Waals surface area contributed by atoms with Crippen LogP contribution in [0.25, 0.3) is 0 Å². The number of halogens is 3. The van der Waals surface area contributed by atoms with Gasteiger partial charge in [0, 0.05) is 24.5 Å². The molecule has 4 aromatic heterocycles. The molecule has 49 heavy (non-hydrogen) atoms. The van der Waals surface area contributed by atoms with Crippen molar-refractivity contribution in [3.05, 3.63) is 75.6 Å². The van der Waals surface area contributed by atoms with E-state index in [1.54, 1.807) is 4.72 Å². The third-order valence-electron chi connectivity index (χ3n) is 6.76. The van der Waals surface area contributed by atoms with Gasteiger partial charge in [0.05, 0.1) is 5.56 Å². The van der Waals surface area contributed by atoms with Crippen molar-refractivity contribution < 1.29 is 26.4 Å². The van der Waals surface area contributed by atoms with Crippen LogP contribution in [0.2, 0.25) is 15.7 Å². The normalized spacial score (nSPS) is 15.6. The minimum atomic E-state index is -4.22. The van der Waals surface area contributed by atoms with Gasteiger partial charge in [-0.05, 0) is 73.7 Å². The number of pyridine rings is 2. The Morgan fingerprint density at radius 3 is 1.71 bits per heavy atom. The van der Waals surface area contributed by atoms with Crippen LogP contribution < -0.4 is 25.8 Å². The highest BCUT2D eigenvalue weighted by Gasteiger charge is 2.39. The summed E-state index contributed by atoms with van der Waals surface area (Å²) in [5, 5.41) is -1.23. The predicted molar refractivity (Wildman–Crippen MR) is 181 cm³/mol. The van der Waals surface area contributed by atoms with Crippen LogP contribution in [0.5, 0.6) is 0 Å². The quantitative estimate of drug-likeness (QED) is 0.156. The fourth-order valence-electron chi connectivity index (χ4n) is 4.79. The number of aromatic nitrogens is 6. The molecule has 4 aromatic rings. The SMILES string of the molecule is C[C@@H]1CN(c2nc(Cl)ncc2C(=O)NS(=O)(=O)c2cccc(N)n2)C(C)(C)C1.Nc1cccc(S(=O)(=O)NC(=O)c2cnc(Cl)nc2Cl)n1. The second kappa shape index (κ2) is 14.6. The molecule has 0 radical (unpaired) electrons. The smallest absolute Gasteiger partial charge is 0.281 e. The Kier molecular flexibility index (Phi) is 11.1. The molecule has 0 saturated carbocycles. The number of hydrogen-bond donors (Lipinski definition) is 4. The largest absolute Gasteiger partial charge is 0.384 e. The summed E-state index contributed by atoms with van der Waals surface area (Å²) in [6.45, 7) is 6.81. The number of carbonyl (C=O) groups is 2. The lowest BCUT2D eigenvalue weighted by atomic mass is 9.97. The molecule has 17 nitrogen and oxygen atoms in total. The van der Waals surface area contributed by atoms with Gasteiger partial charge >= 0.3 is 0 Å². The number of nitrogens with zero attached hydrogens (tertiary/aromatic N) is 7. The van der Waals surface area contributed by atoms with Crippen LogP contribution in [0.3, 0.4) is 0 Å². The Bertz CT molecular complexity index is 2140. The Balaban J connectivity index is 0.000000230. The van der Waals surface area contributed by atoms with Crippen molar-refractivity contribution >= 4 is 84.1 Å². The summed E-state index contributed by atoms with van der Waals surface area (Å²) in [5.41, 5.74) is 10.4. The molecule has 5 heterocycles. The van der Waals surface area contributed by atoms with Crippen LogP contribution in [-0.2, 0) is 20.0 Å². The maximum Gasteiger partial charge on any atom is 0.281 e. The van der Waals surface area contributed by atoms with Crippen LogP contribution in [0.1, 0.15) is 47.9 Å². The van der Waals surface area contributed by atoms with E-state index in [0.717, 1.165) is 12.6 Å². The Morgan fingerprint density at radius 1 is 0.796 bits per heavy atom. The third-order valence-corrected chi connectivity index (χ3v) is 9.88. The second-order valence-electron chi connectivity index (χ2n) is 11.1. The molecular formula is C27H28Cl3N11O6S2. The minimum absolute atomic E-state index is 0.00168. The summed E-state index contributed by atoms with van der Waals surface area (Å²) < 4.78 is 52.8. The van der Waals surface area contributed by atoms with Gasteiger partial charge in [-0.2, -0.15) is 21.8 Å². The van der Waals surface area contributed by atoms with E-state index in [0.29, 0.717) is 18.3 Å². The summed E-state index contributed by atoms with van der Waals surface area (Å²) >= 11 is 17.1. The number of nitrogens with one attached hydrogen (secondary N) is 2. The molecule has 1 aliphatic rings. The van der Waals surface area contributed by atoms with Crippen molar-refractivity contribution in [2.75, 3.05) is 22.9 Å². The first-order valence-electron chi connectivity index (χ1n) is 13.9. The van der Waals surface area contributed by atoms with E-state index < -0.39 is 36.9 Å². The molecule has 6 N–H and O–H groups in total. The van der Waals surface area contributed by atoms with Gasteiger partial charge in [-0.15, -0.1) is 0 Å². The number of nitrogens with two attached hydrogens (primary N) is 2. The molecule has 260 valence electrons. The topological polar surface area (TPSA) is 259 Å². The van der Waals surface area contributed by atoms with Gasteiger partial charge in [0.25, 0.3) is 31.9 Å². The number of carbonyl (C=O) groups excluding carboxylic acids is 2. The lowest BCUT2D eigenvalue weighted by Gasteiger charge is -2.33. The first-order valence-corrected chi connectivity index (χ1v) is 18.0. The van der Waals surface area contributed by atoms with E-state index in [-0.39, 0.29) is 49.0 Å². The lowest BCUT2D eigenvalue weighted by Crippen LogP contribution is -2.41. The minimum Gasteiger partial charge on any atom is -0.384 e. The zero-order chi connectivity index (χ0) is 36.3. The maximum atomic E-state index is 12.8. The number of nitrogen functional groups attached to an aromatic ring is 2. The van der Waals surface area contributed by atoms with Crippen LogP contribution in [0.15, 0.2) is 58.8 Å². The molecule has 0 unspecified atom stereocenters. The molecular weight excluding hydrogens is 745 g/mol. The highest BCUT2D eigenvalue weighted by Crippen LogP contribution is 2.37. The lowest BCUT2D eigenvalue weighted by molar-refractivity contribution is 0.0971. The van der Waals surface area contributed by atoms with Crippen LogP contribution >= 0.6 is 34.8 Å². The number of anilines is 3. The molecule has 2 amide bonds. The van der Waals surface area contributed by atoms with Gasteiger partial charge in [0.2, 0.25) is 10.6 Å². The third kappa shape index (κ3) is 9.18. The van der Waals surface area contributed by atoms with Crippen LogP contribution in [-0.4, -0.2) is 70.6 Å². The summed E-state index contributed by atoms with van der Waals surface area (Å²) in [6.07, 6.45) is 3.12. The average molecular weight is 773 g/mol. The summed E-state index contributed by atoms with van der Waals surface area (Å²) in [7, 11) is -8.41. The molecule has 0 bridgehead atoms. The molecule has 1 fully saturated rings. The first-order chi connectivity index (χ1) is 22.8. The van der Waals surface area contributed by atoms with E-state index >= 15 is 0 Å². The molecule has 22 heteroatoms. The molecule has 5 rings (SSSR count). The zero-order valence-electron chi connectivity index (χ0n) is 25.8. The Morgan fingerprint density at radius 2 is 1.27 bits per heavy atom. The predicted octanol–water partition coefficient (Wildman–Crippen LogP) is 2.73. The highest BCUT2D eigenvalue weighted by molar-refractivity contribution is 7.90. The fourth-order valence-corrected chi connectivity index (χ4v) is 7.19. The van der Waals surface area contributed by atoms with E-state index in [2.05, 4.69) is 36.8 Å². The zero-order valence-corrected chi connectivity index (χ0v) is 29.7. The van der Waals surface area contributed by atoms with E-state index in [4.69, 9.17) is 46.3 Å². The van der Waals surface area contributed by atoms with Gasteiger partial charge in [-0.1, -0.05) is 30.7 Å². The summed E-state index contributed by atoms with van der Waals surface area (Å²) in [4.78, 5) is 49.2. The van der Waals surface area contributed by atoms with Crippen molar-refractivity contribution in [2.24, 2.45) is 5.92 Å². The van der Waals surface area contributed by atoms with E-state index in [9.17, 15) is 26.4 Å². The van der Waals surface area contributed by atoms with Crippen molar-refractivity contribution in [3.8, 4) is 0 Å². The number of rotatable bonds is 7. The van der Waals surface area contributed by atoms with Crippen molar-refractivity contribution in [3.63, 3.8) is 0 Å². The summed E-state index contributed by atoms with van der Waals surface area (Å²) in [6, 6.07) is 8.11. The Labute approximate surface area is 295 Å². The van der Waals surface area contributed by atoms with Crippen molar-refractivity contribution in [1.29, 1.82) is 0 Å². The number of hydrogen-bond acceptors (Lipinski definition) is 15. The standard InChI is InChI=1S/C17H21ClN6O3S.C10H7Cl2N5O3S/c1-10-7-17(2,3)24(9-10)14-11(8-20-16(18)22-14)15(25)23-28(26,27)13-6-4-5-12(19)21-13;11-8-5(4-14-10(12)16-8)9(18)17-21(19,20)7-3-1-2-6(13)15-7/h4-6,8,10H,7,9H2,1-3H3,(H2,19,21)(H,23,25);1-4H,(H2,13,15)(H,17,18)/t10-;/m0./s1. The van der Waals surface area contributed by atoms with Gasteiger partial charge < -0.3 is 16.4 Å². The van der Waals surface area contributed by atoms with E-state index in [1.807, 2.05) is 23.5 Å². The molecule has 1 saturated heterocycles. The van der Waals surface area contributed by atoms with Gasteiger partial charge in [0.1, 0.15) is 28.2 Å². The number of amides is 2. The van der Waals surface area contributed by atoms with Crippen molar-refractivity contribution in [1.82, 2.24) is 39.3 Å². The van der Waals surface area contributed by atoms with Gasteiger partial charge in [-0.25, -0.2) is 34.4 Å². The van der Waals surface area contributed by atoms with Gasteiger partial charge in [0.15, 0.2) is 10.1 Å². The molecule has 1 atom stereocenters. The monoisotopic (exact) mass is 771 g/mol. The van der Waals surface area contributed by atoms with Crippen molar-refractivity contribution in [2.45, 2.75) is 42.8 Å². The molecule has 0 aromatic carbocycles. The molecule has 0 aliphatic carbocycles. The fraction of sp³-hybridized carbons (Fsp3) is 0.259.